The van der Waals surface area contributed by atoms with Gasteiger partial charge in [0.2, 0.25) is 0 Å². The van der Waals surface area contributed by atoms with Crippen LogP contribution in [0.5, 0.6) is 0 Å². The fourth-order valence-electron chi connectivity index (χ4n) is 3.47. The molecule has 0 amide bonds. The van der Waals surface area contributed by atoms with E-state index < -0.39 is 17.2 Å². The lowest BCUT2D eigenvalue weighted by Gasteiger charge is -2.16. The normalized spacial score (nSPS) is 13.2. The predicted molar refractivity (Wildman–Crippen MR) is 104 cm³/mol. The van der Waals surface area contributed by atoms with Gasteiger partial charge in [0, 0.05) is 24.9 Å². The van der Waals surface area contributed by atoms with Crippen LogP contribution in [0.15, 0.2) is 35.3 Å². The number of halogens is 2. The molecule has 0 saturated heterocycles. The van der Waals surface area contributed by atoms with Crippen LogP contribution in [0.2, 0.25) is 0 Å². The van der Waals surface area contributed by atoms with Gasteiger partial charge in [-0.2, -0.15) is 0 Å². The Labute approximate surface area is 160 Å². The van der Waals surface area contributed by atoms with E-state index in [2.05, 4.69) is 0 Å². The second kappa shape index (κ2) is 7.52. The number of carbonyl (C=O) groups excluding carboxylic acids is 1. The predicted octanol–water partition coefficient (Wildman–Crippen LogP) is 3.43. The zero-order valence-electron chi connectivity index (χ0n) is 15.5. The molecule has 0 radical (unpaired) electrons. The molecule has 0 bridgehead atoms. The molecule has 4 rings (SSSR count). The summed E-state index contributed by atoms with van der Waals surface area (Å²) in [4.78, 5) is 23.7. The molecule has 5 nitrogen and oxygen atoms in total. The Morgan fingerprint density at radius 1 is 1.14 bits per heavy atom. The summed E-state index contributed by atoms with van der Waals surface area (Å²) in [6, 6.07) is 5.21. The molecule has 1 aliphatic carbocycles. The van der Waals surface area contributed by atoms with E-state index in [9.17, 15) is 18.4 Å². The van der Waals surface area contributed by atoms with Crippen molar-refractivity contribution in [2.24, 2.45) is 0 Å². The maximum atomic E-state index is 14.4. The summed E-state index contributed by atoms with van der Waals surface area (Å²) in [6.07, 6.45) is 4.01. The Morgan fingerprint density at radius 2 is 1.82 bits per heavy atom. The Hall–Kier alpha value is -3.06. The standard InChI is InChI=1S/C20H16F2N2O2.CH4O/c1-10-13(15-7-17(22)18(23)8-16(15)21)4-5-24-19(10)14(11-2-3-11)6-12(9-25)20(24)26;1-2/h4-9,11H,2-3,23H2,1H3;2H,1H3. The van der Waals surface area contributed by atoms with Crippen molar-refractivity contribution in [2.45, 2.75) is 25.7 Å². The lowest BCUT2D eigenvalue weighted by atomic mass is 9.96. The Bertz CT molecular complexity index is 1130. The van der Waals surface area contributed by atoms with E-state index in [0.717, 1.165) is 37.6 Å². The maximum absolute atomic E-state index is 14.4. The van der Waals surface area contributed by atoms with Crippen molar-refractivity contribution < 1.29 is 18.7 Å². The highest BCUT2D eigenvalue weighted by molar-refractivity contribution is 5.82. The van der Waals surface area contributed by atoms with Crippen LogP contribution in [0, 0.1) is 18.6 Å². The molecule has 0 unspecified atom stereocenters. The number of aryl methyl sites for hydroxylation is 1. The number of carbonyl (C=O) groups is 1. The van der Waals surface area contributed by atoms with Gasteiger partial charge in [-0.3, -0.25) is 14.0 Å². The van der Waals surface area contributed by atoms with Crippen molar-refractivity contribution in [3.8, 4) is 11.1 Å². The van der Waals surface area contributed by atoms with Crippen molar-refractivity contribution in [3.05, 3.63) is 69.1 Å². The van der Waals surface area contributed by atoms with Gasteiger partial charge < -0.3 is 10.8 Å². The first-order chi connectivity index (χ1) is 13.4. The Balaban J connectivity index is 0.00000109. The number of rotatable bonds is 3. The van der Waals surface area contributed by atoms with E-state index in [1.54, 1.807) is 19.1 Å². The quantitative estimate of drug-likeness (QED) is 0.534. The second-order valence-corrected chi connectivity index (χ2v) is 6.68. The van der Waals surface area contributed by atoms with Gasteiger partial charge >= 0.3 is 0 Å². The molecule has 0 spiro atoms. The number of aliphatic hydroxyl groups excluding tert-OH is 1. The SMILES string of the molecule is CO.Cc1c(-c2cc(F)c(N)cc2F)ccn2c(=O)c(C=O)cc(C3CC3)c12. The van der Waals surface area contributed by atoms with Gasteiger partial charge in [0.1, 0.15) is 11.6 Å². The molecular formula is C21H20F2N2O3. The number of pyridine rings is 2. The highest BCUT2D eigenvalue weighted by atomic mass is 19.1. The first-order valence-electron chi connectivity index (χ1n) is 8.76. The fraction of sp³-hybridized carbons (Fsp3) is 0.238. The largest absolute Gasteiger partial charge is 0.400 e. The number of hydrogen-bond donors (Lipinski definition) is 2. The van der Waals surface area contributed by atoms with Crippen LogP contribution in [-0.2, 0) is 0 Å². The van der Waals surface area contributed by atoms with Crippen LogP contribution in [-0.4, -0.2) is 22.9 Å². The summed E-state index contributed by atoms with van der Waals surface area (Å²) in [5.74, 6) is -1.06. The van der Waals surface area contributed by atoms with E-state index in [1.165, 1.54) is 10.6 Å². The molecule has 7 heteroatoms. The molecule has 0 aliphatic heterocycles. The van der Waals surface area contributed by atoms with E-state index in [4.69, 9.17) is 10.8 Å². The number of aliphatic hydroxyl groups is 1. The van der Waals surface area contributed by atoms with Crippen LogP contribution in [0.3, 0.4) is 0 Å². The third-order valence-corrected chi connectivity index (χ3v) is 4.96. The number of nitrogens with zero attached hydrogens (tertiary/aromatic N) is 1. The summed E-state index contributed by atoms with van der Waals surface area (Å²) in [5.41, 5.74) is 7.63. The first-order valence-corrected chi connectivity index (χ1v) is 8.76. The van der Waals surface area contributed by atoms with Gasteiger partial charge in [0.25, 0.3) is 5.56 Å². The summed E-state index contributed by atoms with van der Waals surface area (Å²) >= 11 is 0. The molecule has 146 valence electrons. The van der Waals surface area contributed by atoms with E-state index in [0.29, 0.717) is 22.9 Å². The van der Waals surface area contributed by atoms with Gasteiger partial charge in [-0.25, -0.2) is 8.78 Å². The fourth-order valence-corrected chi connectivity index (χ4v) is 3.47. The third kappa shape index (κ3) is 3.18. The maximum Gasteiger partial charge on any atom is 0.265 e. The molecule has 28 heavy (non-hydrogen) atoms. The molecule has 1 aliphatic rings. The average molecular weight is 386 g/mol. The van der Waals surface area contributed by atoms with Gasteiger partial charge in [0.05, 0.1) is 16.8 Å². The van der Waals surface area contributed by atoms with Crippen molar-refractivity contribution in [1.29, 1.82) is 0 Å². The number of benzene rings is 1. The minimum Gasteiger partial charge on any atom is -0.400 e. The molecule has 2 aromatic heterocycles. The van der Waals surface area contributed by atoms with Crippen LogP contribution < -0.4 is 11.3 Å². The highest BCUT2D eigenvalue weighted by Crippen LogP contribution is 2.43. The van der Waals surface area contributed by atoms with Crippen LogP contribution in [0.25, 0.3) is 16.6 Å². The summed E-state index contributed by atoms with van der Waals surface area (Å²) in [5, 5.41) is 7.00. The smallest absolute Gasteiger partial charge is 0.265 e. The van der Waals surface area contributed by atoms with Crippen LogP contribution in [0.4, 0.5) is 14.5 Å². The summed E-state index contributed by atoms with van der Waals surface area (Å²) in [7, 11) is 1.00. The van der Waals surface area contributed by atoms with Crippen molar-refractivity contribution >= 4 is 17.5 Å². The van der Waals surface area contributed by atoms with Crippen molar-refractivity contribution in [2.75, 3.05) is 12.8 Å². The van der Waals surface area contributed by atoms with Gasteiger partial charge in [0.15, 0.2) is 6.29 Å². The number of nitrogens with two attached hydrogens (primary N) is 1. The van der Waals surface area contributed by atoms with Gasteiger partial charge in [-0.05, 0) is 60.6 Å². The zero-order valence-corrected chi connectivity index (χ0v) is 15.5. The molecule has 3 aromatic rings. The second-order valence-electron chi connectivity index (χ2n) is 6.68. The van der Waals surface area contributed by atoms with Crippen LogP contribution >= 0.6 is 0 Å². The molecule has 1 aromatic carbocycles. The lowest BCUT2D eigenvalue weighted by Crippen LogP contribution is -2.20. The van der Waals surface area contributed by atoms with Gasteiger partial charge in [-0.15, -0.1) is 0 Å². The average Bonchev–Trinajstić information content (AvgIpc) is 3.53. The Kier molecular flexibility index (Phi) is 5.29. The Morgan fingerprint density at radius 3 is 2.43 bits per heavy atom. The molecule has 1 saturated carbocycles. The number of aromatic nitrogens is 1. The van der Waals surface area contributed by atoms with Crippen molar-refractivity contribution in [3.63, 3.8) is 0 Å². The molecule has 3 N–H and O–H groups in total. The monoisotopic (exact) mass is 386 g/mol. The minimum atomic E-state index is -0.697. The summed E-state index contributed by atoms with van der Waals surface area (Å²) < 4.78 is 29.7. The number of fused-ring (bicyclic) bond motifs is 1. The number of anilines is 1. The van der Waals surface area contributed by atoms with Crippen LogP contribution in [0.1, 0.15) is 40.2 Å². The highest BCUT2D eigenvalue weighted by Gasteiger charge is 2.28. The van der Waals surface area contributed by atoms with Gasteiger partial charge in [-0.1, -0.05) is 0 Å². The minimum absolute atomic E-state index is 0.0883. The zero-order chi connectivity index (χ0) is 20.6. The molecule has 0 atom stereocenters. The molecule has 2 heterocycles. The molecule has 1 fully saturated rings. The van der Waals surface area contributed by atoms with E-state index >= 15 is 0 Å². The van der Waals surface area contributed by atoms with E-state index in [1.807, 2.05) is 0 Å². The number of aldehydes is 1. The first kappa shape index (κ1) is 19.7. The number of nitrogen functional groups attached to an aromatic ring is 1. The number of hydrogen-bond acceptors (Lipinski definition) is 4. The lowest BCUT2D eigenvalue weighted by molar-refractivity contribution is 0.112. The van der Waals surface area contributed by atoms with Crippen molar-refractivity contribution in [1.82, 2.24) is 4.40 Å². The topological polar surface area (TPSA) is 84.8 Å². The van der Waals surface area contributed by atoms with E-state index in [-0.39, 0.29) is 22.7 Å². The summed E-state index contributed by atoms with van der Waals surface area (Å²) in [6.45, 7) is 1.77. The third-order valence-electron chi connectivity index (χ3n) is 4.96. The molecular weight excluding hydrogens is 366 g/mol.